The van der Waals surface area contributed by atoms with Crippen LogP contribution in [0.2, 0.25) is 5.09 Å². The quantitative estimate of drug-likeness (QED) is 0.392. The van der Waals surface area contributed by atoms with Gasteiger partial charge in [0, 0.05) is 0 Å². The van der Waals surface area contributed by atoms with Gasteiger partial charge in [-0.2, -0.15) is 0 Å². The predicted octanol–water partition coefficient (Wildman–Crippen LogP) is 2.48. The summed E-state index contributed by atoms with van der Waals surface area (Å²) in [7, 11) is 4.30. The first-order valence-corrected chi connectivity index (χ1v) is 5.42. The Hall–Kier alpha value is 0.557. The van der Waals surface area contributed by atoms with Crippen LogP contribution < -0.4 is 0 Å². The number of hydrogen-bond acceptors (Lipinski definition) is 1. The van der Waals surface area contributed by atoms with E-state index in [4.69, 9.17) is 0 Å². The standard InChI is InChI=1S/C10H22N.Li/c1-4-5-6-7-8-9-10-11(2)3;/h1,4-10H2,2-3H3;. The zero-order valence-corrected chi connectivity index (χ0v) is 9.10. The van der Waals surface area contributed by atoms with Crippen molar-refractivity contribution >= 4 is 17.7 Å². The molecule has 0 radical (unpaired) electrons. The molecule has 0 spiro atoms. The van der Waals surface area contributed by atoms with Crippen molar-refractivity contribution < 1.29 is 0 Å². The average molecular weight is 163 g/mol. The fourth-order valence-corrected chi connectivity index (χ4v) is 1.39. The van der Waals surface area contributed by atoms with Crippen molar-refractivity contribution in [3.8, 4) is 0 Å². The van der Waals surface area contributed by atoms with Crippen LogP contribution in [0.25, 0.3) is 0 Å². The molecular weight excluding hydrogens is 141 g/mol. The van der Waals surface area contributed by atoms with Crippen LogP contribution in [0, 0.1) is 0 Å². The van der Waals surface area contributed by atoms with Crippen molar-refractivity contribution in [1.82, 2.24) is 4.90 Å². The van der Waals surface area contributed by atoms with Gasteiger partial charge in [-0.05, 0) is 0 Å². The van der Waals surface area contributed by atoms with Gasteiger partial charge in [0.1, 0.15) is 0 Å². The summed E-state index contributed by atoms with van der Waals surface area (Å²) in [6.07, 6.45) is 8.54. The second-order valence-electron chi connectivity index (χ2n) is 3.92. The summed E-state index contributed by atoms with van der Waals surface area (Å²) in [5, 5.41) is 1.36. The fraction of sp³-hybridized carbons (Fsp3) is 1.00. The second kappa shape index (κ2) is 9.64. The normalized spacial score (nSPS) is 11.1. The second-order valence-corrected chi connectivity index (χ2v) is 3.92. The zero-order valence-electron chi connectivity index (χ0n) is 9.10. The van der Waals surface area contributed by atoms with E-state index in [9.17, 15) is 0 Å². The molecule has 0 aromatic rings. The van der Waals surface area contributed by atoms with Gasteiger partial charge in [0.15, 0.2) is 0 Å². The Balaban J connectivity index is 2.82. The minimum absolute atomic E-state index is 1.26. The summed E-state index contributed by atoms with van der Waals surface area (Å²) in [5.41, 5.74) is 0. The molecule has 0 saturated carbocycles. The molecule has 0 aliphatic heterocycles. The Bertz CT molecular complexity index is 83.9. The first-order valence-electron chi connectivity index (χ1n) is 5.42. The summed E-state index contributed by atoms with van der Waals surface area (Å²) >= 11 is 2.27. The van der Waals surface area contributed by atoms with E-state index >= 15 is 0 Å². The van der Waals surface area contributed by atoms with Gasteiger partial charge in [0.25, 0.3) is 0 Å². The summed E-state index contributed by atoms with van der Waals surface area (Å²) in [6.45, 7) is 1.26. The zero-order chi connectivity index (χ0) is 9.23. The molecular formula is C10H22LiN. The van der Waals surface area contributed by atoms with E-state index in [0.717, 1.165) is 0 Å². The van der Waals surface area contributed by atoms with Crippen molar-refractivity contribution in [1.29, 1.82) is 0 Å². The van der Waals surface area contributed by atoms with Crippen LogP contribution in [-0.4, -0.2) is 43.3 Å². The average Bonchev–Trinajstić information content (AvgIpc) is 2.02. The Kier molecular flexibility index (Phi) is 10.1. The molecule has 0 aromatic heterocycles. The molecule has 0 N–H and O–H groups in total. The van der Waals surface area contributed by atoms with Gasteiger partial charge in [-0.1, -0.05) is 0 Å². The van der Waals surface area contributed by atoms with E-state index < -0.39 is 0 Å². The van der Waals surface area contributed by atoms with Gasteiger partial charge in [-0.3, -0.25) is 0 Å². The molecule has 0 aliphatic carbocycles. The Morgan fingerprint density at radius 2 is 1.33 bits per heavy atom. The SMILES string of the molecule is [Li][CH2]CCCCCCCN(C)C. The molecule has 0 aliphatic rings. The molecule has 0 atom stereocenters. The van der Waals surface area contributed by atoms with Gasteiger partial charge in [0.2, 0.25) is 0 Å². The van der Waals surface area contributed by atoms with E-state index in [2.05, 4.69) is 36.7 Å². The Morgan fingerprint density at radius 1 is 0.833 bits per heavy atom. The number of unbranched alkanes of at least 4 members (excludes halogenated alkanes) is 5. The third-order valence-electron chi connectivity index (χ3n) is 2.21. The molecule has 0 fully saturated rings. The van der Waals surface area contributed by atoms with Gasteiger partial charge < -0.3 is 0 Å². The molecule has 0 aromatic carbocycles. The maximum absolute atomic E-state index is 2.27. The van der Waals surface area contributed by atoms with Crippen molar-refractivity contribution in [3.63, 3.8) is 0 Å². The van der Waals surface area contributed by atoms with E-state index in [1.165, 1.54) is 50.2 Å². The minimum atomic E-state index is 1.26. The summed E-state index contributed by atoms with van der Waals surface area (Å²) in [4.78, 5) is 2.27. The van der Waals surface area contributed by atoms with Crippen molar-refractivity contribution in [2.75, 3.05) is 20.6 Å². The predicted molar refractivity (Wildman–Crippen MR) is 56.8 cm³/mol. The van der Waals surface area contributed by atoms with Gasteiger partial charge >= 0.3 is 86.9 Å². The molecule has 0 bridgehead atoms. The van der Waals surface area contributed by atoms with Crippen molar-refractivity contribution in [3.05, 3.63) is 0 Å². The molecule has 2 heteroatoms. The first-order chi connectivity index (χ1) is 5.77. The van der Waals surface area contributed by atoms with Crippen molar-refractivity contribution in [2.45, 2.75) is 43.6 Å². The van der Waals surface area contributed by atoms with E-state index in [1.807, 2.05) is 0 Å². The molecule has 0 amide bonds. The molecule has 12 heavy (non-hydrogen) atoms. The van der Waals surface area contributed by atoms with Gasteiger partial charge in [-0.25, -0.2) is 0 Å². The summed E-state index contributed by atoms with van der Waals surface area (Å²) in [5.74, 6) is 0. The van der Waals surface area contributed by atoms with Crippen molar-refractivity contribution in [2.24, 2.45) is 0 Å². The third kappa shape index (κ3) is 10.6. The van der Waals surface area contributed by atoms with Crippen LogP contribution in [-0.2, 0) is 0 Å². The van der Waals surface area contributed by atoms with Crippen LogP contribution in [0.3, 0.4) is 0 Å². The van der Waals surface area contributed by atoms with Crippen LogP contribution >= 0.6 is 0 Å². The monoisotopic (exact) mass is 163 g/mol. The number of nitrogens with zero attached hydrogens (tertiary/aromatic N) is 1. The van der Waals surface area contributed by atoms with Crippen LogP contribution in [0.15, 0.2) is 0 Å². The molecule has 0 heterocycles. The van der Waals surface area contributed by atoms with E-state index in [-0.39, 0.29) is 0 Å². The van der Waals surface area contributed by atoms with E-state index in [1.54, 1.807) is 0 Å². The van der Waals surface area contributed by atoms with Crippen LogP contribution in [0.4, 0.5) is 0 Å². The Morgan fingerprint density at radius 3 is 1.83 bits per heavy atom. The molecule has 0 rings (SSSR count). The maximum atomic E-state index is 2.27. The summed E-state index contributed by atoms with van der Waals surface area (Å²) in [6, 6.07) is 0. The molecule has 0 unspecified atom stereocenters. The number of hydrogen-bond donors (Lipinski definition) is 0. The van der Waals surface area contributed by atoms with Crippen LogP contribution in [0.5, 0.6) is 0 Å². The van der Waals surface area contributed by atoms with Gasteiger partial charge in [-0.15, -0.1) is 0 Å². The molecule has 1 nitrogen and oxygen atoms in total. The summed E-state index contributed by atoms with van der Waals surface area (Å²) < 4.78 is 0. The number of rotatable bonds is 8. The fourth-order valence-electron chi connectivity index (χ4n) is 1.39. The van der Waals surface area contributed by atoms with Crippen LogP contribution in [0.1, 0.15) is 38.5 Å². The molecule has 0 saturated heterocycles. The Labute approximate surface area is 87.1 Å². The topological polar surface area (TPSA) is 3.24 Å². The van der Waals surface area contributed by atoms with Gasteiger partial charge in [0.05, 0.1) is 0 Å². The van der Waals surface area contributed by atoms with E-state index in [0.29, 0.717) is 0 Å². The molecule has 68 valence electrons. The third-order valence-corrected chi connectivity index (χ3v) is 2.21. The first kappa shape index (κ1) is 12.6.